The summed E-state index contributed by atoms with van der Waals surface area (Å²) >= 11 is 6.20. The summed E-state index contributed by atoms with van der Waals surface area (Å²) in [5.74, 6) is 1.17. The van der Waals surface area contributed by atoms with E-state index >= 15 is 0 Å². The smallest absolute Gasteiger partial charge is 0.264 e. The molecule has 6 nitrogen and oxygen atoms in total. The molecule has 1 atom stereocenters. The van der Waals surface area contributed by atoms with E-state index in [1.165, 1.54) is 0 Å². The second kappa shape index (κ2) is 9.09. The summed E-state index contributed by atoms with van der Waals surface area (Å²) in [6.07, 6.45) is -0.648. The Morgan fingerprint density at radius 2 is 1.90 bits per heavy atom. The molecule has 1 amide bonds. The Balaban J connectivity index is 1.73. The van der Waals surface area contributed by atoms with Gasteiger partial charge in [-0.2, -0.15) is 0 Å². The number of carbonyl (C=O) groups is 1. The lowest BCUT2D eigenvalue weighted by Gasteiger charge is -2.28. The van der Waals surface area contributed by atoms with Crippen molar-refractivity contribution in [1.29, 1.82) is 0 Å². The Kier molecular flexibility index (Phi) is 6.54. The Morgan fingerprint density at radius 3 is 2.59 bits per heavy atom. The van der Waals surface area contributed by atoms with Crippen LogP contribution < -0.4 is 4.74 Å². The number of aryl methyl sites for hydroxylation is 1. The summed E-state index contributed by atoms with van der Waals surface area (Å²) in [5.41, 5.74) is 1.73. The monoisotopic (exact) mass is 413 g/mol. The van der Waals surface area contributed by atoms with Gasteiger partial charge in [0.1, 0.15) is 5.75 Å². The fraction of sp³-hybridized carbons (Fsp3) is 0.318. The number of rotatable bonds is 7. The van der Waals surface area contributed by atoms with E-state index in [9.17, 15) is 4.79 Å². The normalized spacial score (nSPS) is 12.1. The van der Waals surface area contributed by atoms with E-state index in [1.54, 1.807) is 17.9 Å². The molecule has 0 unspecified atom stereocenters. The Hall–Kier alpha value is -2.86. The van der Waals surface area contributed by atoms with E-state index in [4.69, 9.17) is 20.8 Å². The number of hydrogen-bond acceptors (Lipinski definition) is 5. The maximum Gasteiger partial charge on any atom is 0.264 e. The third kappa shape index (κ3) is 5.15. The highest BCUT2D eigenvalue weighted by molar-refractivity contribution is 6.33. The number of hydrogen-bond donors (Lipinski definition) is 0. The zero-order chi connectivity index (χ0) is 21.0. The van der Waals surface area contributed by atoms with Gasteiger partial charge in [0.15, 0.2) is 6.10 Å². The predicted octanol–water partition coefficient (Wildman–Crippen LogP) is 4.90. The van der Waals surface area contributed by atoms with Gasteiger partial charge in [-0.15, -0.1) is 10.2 Å². The molecule has 3 rings (SSSR count). The molecule has 3 aromatic rings. The van der Waals surface area contributed by atoms with Crippen molar-refractivity contribution in [2.75, 3.05) is 0 Å². The molecule has 0 saturated heterocycles. The second-order valence-electron chi connectivity index (χ2n) is 7.12. The number of nitrogens with zero attached hydrogens (tertiary/aromatic N) is 3. The molecule has 2 aromatic carbocycles. The van der Waals surface area contributed by atoms with Crippen molar-refractivity contribution in [1.82, 2.24) is 15.1 Å². The van der Waals surface area contributed by atoms with Gasteiger partial charge < -0.3 is 14.1 Å². The van der Waals surface area contributed by atoms with Crippen molar-refractivity contribution < 1.29 is 13.9 Å². The van der Waals surface area contributed by atoms with Gasteiger partial charge in [-0.05, 0) is 57.5 Å². The molecule has 7 heteroatoms. The predicted molar refractivity (Wildman–Crippen MR) is 112 cm³/mol. The van der Waals surface area contributed by atoms with Crippen LogP contribution in [-0.2, 0) is 11.3 Å². The quantitative estimate of drug-likeness (QED) is 0.550. The highest BCUT2D eigenvalue weighted by Gasteiger charge is 2.26. The maximum atomic E-state index is 13.0. The third-order valence-corrected chi connectivity index (χ3v) is 4.76. The van der Waals surface area contributed by atoms with E-state index in [0.29, 0.717) is 28.1 Å². The van der Waals surface area contributed by atoms with Crippen LogP contribution in [0.2, 0.25) is 5.02 Å². The topological polar surface area (TPSA) is 68.5 Å². The second-order valence-corrected chi connectivity index (χ2v) is 7.52. The summed E-state index contributed by atoms with van der Waals surface area (Å²) in [7, 11) is 0. The van der Waals surface area contributed by atoms with E-state index < -0.39 is 6.10 Å². The van der Waals surface area contributed by atoms with Gasteiger partial charge in [-0.25, -0.2) is 0 Å². The lowest BCUT2D eigenvalue weighted by molar-refractivity contribution is -0.140. The Labute approximate surface area is 175 Å². The van der Waals surface area contributed by atoms with Crippen LogP contribution in [0.5, 0.6) is 5.75 Å². The van der Waals surface area contributed by atoms with Gasteiger partial charge in [0.25, 0.3) is 5.91 Å². The molecule has 0 saturated carbocycles. The lowest BCUT2D eigenvalue weighted by atomic mass is 10.2. The molecule has 152 valence electrons. The molecule has 0 aliphatic carbocycles. The zero-order valence-corrected chi connectivity index (χ0v) is 17.7. The number of ether oxygens (including phenoxy) is 1. The standard InChI is InChI=1S/C22H24ClN3O3/c1-14(2)26(22(27)16(4)28-17-9-7-8-15(3)12-17)13-20-24-25-21(29-20)18-10-5-6-11-19(18)23/h5-12,14,16H,13H2,1-4H3/t16-/m1/s1. The Morgan fingerprint density at radius 1 is 1.14 bits per heavy atom. The molecular weight excluding hydrogens is 390 g/mol. The molecule has 0 aliphatic rings. The van der Waals surface area contributed by atoms with E-state index in [2.05, 4.69) is 10.2 Å². The van der Waals surface area contributed by atoms with Crippen molar-refractivity contribution in [2.24, 2.45) is 0 Å². The van der Waals surface area contributed by atoms with Gasteiger partial charge in [0, 0.05) is 6.04 Å². The van der Waals surface area contributed by atoms with Gasteiger partial charge in [0.05, 0.1) is 17.1 Å². The molecule has 0 spiro atoms. The summed E-state index contributed by atoms with van der Waals surface area (Å²) in [5, 5.41) is 8.68. The largest absolute Gasteiger partial charge is 0.481 e. The van der Waals surface area contributed by atoms with Crippen LogP contribution in [0.3, 0.4) is 0 Å². The average molecular weight is 414 g/mol. The molecule has 0 radical (unpaired) electrons. The molecular formula is C22H24ClN3O3. The van der Waals surface area contributed by atoms with Crippen molar-refractivity contribution in [3.05, 3.63) is 65.0 Å². The number of halogens is 1. The number of carbonyl (C=O) groups excluding carboxylic acids is 1. The zero-order valence-electron chi connectivity index (χ0n) is 16.9. The van der Waals surface area contributed by atoms with Gasteiger partial charge in [-0.3, -0.25) is 4.79 Å². The fourth-order valence-corrected chi connectivity index (χ4v) is 3.11. The number of amides is 1. The third-order valence-electron chi connectivity index (χ3n) is 4.43. The lowest BCUT2D eigenvalue weighted by Crippen LogP contribution is -2.43. The van der Waals surface area contributed by atoms with Crippen LogP contribution >= 0.6 is 11.6 Å². The number of benzene rings is 2. The first-order valence-electron chi connectivity index (χ1n) is 9.46. The van der Waals surface area contributed by atoms with Crippen molar-refractivity contribution in [2.45, 2.75) is 46.4 Å². The van der Waals surface area contributed by atoms with E-state index in [0.717, 1.165) is 5.56 Å². The fourth-order valence-electron chi connectivity index (χ4n) is 2.90. The van der Waals surface area contributed by atoms with Gasteiger partial charge in [0.2, 0.25) is 11.8 Å². The summed E-state index contributed by atoms with van der Waals surface area (Å²) in [6.45, 7) is 7.77. The van der Waals surface area contributed by atoms with E-state index in [1.807, 2.05) is 63.2 Å². The van der Waals surface area contributed by atoms with Crippen LogP contribution in [0, 0.1) is 6.92 Å². The van der Waals surface area contributed by atoms with Crippen LogP contribution in [0.15, 0.2) is 52.9 Å². The molecule has 29 heavy (non-hydrogen) atoms. The minimum absolute atomic E-state index is 0.0678. The molecule has 1 aromatic heterocycles. The highest BCUT2D eigenvalue weighted by atomic mass is 35.5. The maximum absolute atomic E-state index is 13.0. The summed E-state index contributed by atoms with van der Waals surface area (Å²) in [6, 6.07) is 14.8. The molecule has 0 bridgehead atoms. The minimum atomic E-state index is -0.648. The van der Waals surface area contributed by atoms with Crippen molar-refractivity contribution in [3.63, 3.8) is 0 Å². The molecule has 0 N–H and O–H groups in total. The first-order valence-corrected chi connectivity index (χ1v) is 9.84. The summed E-state index contributed by atoms with van der Waals surface area (Å²) < 4.78 is 11.6. The molecule has 1 heterocycles. The first kappa shape index (κ1) is 20.9. The SMILES string of the molecule is Cc1cccc(O[C@H](C)C(=O)N(Cc2nnc(-c3ccccc3Cl)o2)C(C)C)c1. The molecule has 0 aliphatic heterocycles. The molecule has 0 fully saturated rings. The van der Waals surface area contributed by atoms with Gasteiger partial charge >= 0.3 is 0 Å². The van der Waals surface area contributed by atoms with Crippen LogP contribution in [0.4, 0.5) is 0 Å². The van der Waals surface area contributed by atoms with Crippen LogP contribution in [-0.4, -0.2) is 33.2 Å². The first-order chi connectivity index (χ1) is 13.8. The van der Waals surface area contributed by atoms with Crippen molar-refractivity contribution in [3.8, 4) is 17.2 Å². The van der Waals surface area contributed by atoms with Crippen LogP contribution in [0.1, 0.15) is 32.2 Å². The van der Waals surface area contributed by atoms with E-state index in [-0.39, 0.29) is 18.5 Å². The van der Waals surface area contributed by atoms with Gasteiger partial charge in [-0.1, -0.05) is 35.9 Å². The minimum Gasteiger partial charge on any atom is -0.481 e. The Bertz CT molecular complexity index is 987. The van der Waals surface area contributed by atoms with Crippen molar-refractivity contribution >= 4 is 17.5 Å². The average Bonchev–Trinajstić information content (AvgIpc) is 3.14. The van der Waals surface area contributed by atoms with Crippen LogP contribution in [0.25, 0.3) is 11.5 Å². The number of aromatic nitrogens is 2. The highest BCUT2D eigenvalue weighted by Crippen LogP contribution is 2.26. The summed E-state index contributed by atoms with van der Waals surface area (Å²) in [4.78, 5) is 14.7.